The molecular weight excluding hydrogens is 419 g/mol. The van der Waals surface area contributed by atoms with Gasteiger partial charge in [-0.1, -0.05) is 29.8 Å². The summed E-state index contributed by atoms with van der Waals surface area (Å²) >= 11 is 6.48. The van der Waals surface area contributed by atoms with Gasteiger partial charge in [-0.15, -0.1) is 5.10 Å². The van der Waals surface area contributed by atoms with Gasteiger partial charge in [0.1, 0.15) is 11.6 Å². The molecular formula is C22H20ClFN6O. The van der Waals surface area contributed by atoms with Gasteiger partial charge in [-0.3, -0.25) is 0 Å². The van der Waals surface area contributed by atoms with Crippen LogP contribution in [-0.2, 0) is 4.74 Å². The Balaban J connectivity index is 1.65. The number of halogens is 2. The molecule has 3 heterocycles. The van der Waals surface area contributed by atoms with Crippen LogP contribution in [-0.4, -0.2) is 39.0 Å². The highest BCUT2D eigenvalue weighted by Crippen LogP contribution is 2.36. The van der Waals surface area contributed by atoms with Crippen molar-refractivity contribution in [3.05, 3.63) is 59.4 Å². The van der Waals surface area contributed by atoms with Gasteiger partial charge in [-0.05, 0) is 43.2 Å². The van der Waals surface area contributed by atoms with E-state index < -0.39 is 0 Å². The number of anilines is 2. The fourth-order valence-corrected chi connectivity index (χ4v) is 3.95. The van der Waals surface area contributed by atoms with Gasteiger partial charge in [0.05, 0.1) is 22.9 Å². The summed E-state index contributed by atoms with van der Waals surface area (Å²) in [7, 11) is 0. The predicted octanol–water partition coefficient (Wildman–Crippen LogP) is 4.45. The van der Waals surface area contributed by atoms with Crippen LogP contribution in [0.5, 0.6) is 0 Å². The van der Waals surface area contributed by atoms with E-state index in [4.69, 9.17) is 27.1 Å². The number of ether oxygens (including phenoxy) is 1. The van der Waals surface area contributed by atoms with Crippen LogP contribution in [0, 0.1) is 5.82 Å². The van der Waals surface area contributed by atoms with E-state index in [0.29, 0.717) is 45.7 Å². The number of nitrogens with two attached hydrogens (primary N) is 1. The van der Waals surface area contributed by atoms with Crippen LogP contribution in [0.4, 0.5) is 16.2 Å². The first-order valence-corrected chi connectivity index (χ1v) is 10.4. The van der Waals surface area contributed by atoms with Crippen LogP contribution in [0.1, 0.15) is 12.8 Å². The SMILES string of the molecule is Nc1c2c(-c3ccccc3Cl)nc(NC[C@H]3CCCO3)nc2nn1-c1ccc(F)cc1. The van der Waals surface area contributed by atoms with Crippen molar-refractivity contribution >= 4 is 34.4 Å². The van der Waals surface area contributed by atoms with Crippen molar-refractivity contribution in [1.82, 2.24) is 19.7 Å². The summed E-state index contributed by atoms with van der Waals surface area (Å²) in [5, 5.41) is 8.95. The normalized spacial score (nSPS) is 16.1. The number of benzene rings is 2. The Labute approximate surface area is 183 Å². The smallest absolute Gasteiger partial charge is 0.225 e. The molecule has 0 amide bonds. The second kappa shape index (κ2) is 8.13. The van der Waals surface area contributed by atoms with E-state index in [-0.39, 0.29) is 11.9 Å². The molecule has 1 atom stereocenters. The molecule has 2 aromatic heterocycles. The van der Waals surface area contributed by atoms with Crippen molar-refractivity contribution in [2.45, 2.75) is 18.9 Å². The van der Waals surface area contributed by atoms with Gasteiger partial charge >= 0.3 is 0 Å². The van der Waals surface area contributed by atoms with Crippen LogP contribution in [0.2, 0.25) is 5.02 Å². The first kappa shape index (κ1) is 19.7. The lowest BCUT2D eigenvalue weighted by molar-refractivity contribution is 0.120. The van der Waals surface area contributed by atoms with Crippen molar-refractivity contribution in [1.29, 1.82) is 0 Å². The van der Waals surface area contributed by atoms with Crippen LogP contribution >= 0.6 is 11.6 Å². The second-order valence-corrected chi connectivity index (χ2v) is 7.77. The maximum absolute atomic E-state index is 13.4. The van der Waals surface area contributed by atoms with E-state index >= 15 is 0 Å². The lowest BCUT2D eigenvalue weighted by Crippen LogP contribution is -2.19. The lowest BCUT2D eigenvalue weighted by Gasteiger charge is -2.12. The Morgan fingerprint density at radius 2 is 1.97 bits per heavy atom. The number of hydrogen-bond donors (Lipinski definition) is 2. The number of rotatable bonds is 5. The Hall–Kier alpha value is -3.23. The second-order valence-electron chi connectivity index (χ2n) is 7.36. The van der Waals surface area contributed by atoms with E-state index in [1.807, 2.05) is 18.2 Å². The molecule has 0 bridgehead atoms. The third-order valence-corrected chi connectivity index (χ3v) is 5.61. The van der Waals surface area contributed by atoms with E-state index in [1.165, 1.54) is 16.8 Å². The van der Waals surface area contributed by atoms with E-state index in [0.717, 1.165) is 25.0 Å². The summed E-state index contributed by atoms with van der Waals surface area (Å²) in [6.07, 6.45) is 2.18. The first-order valence-electron chi connectivity index (χ1n) is 10.0. The zero-order valence-electron chi connectivity index (χ0n) is 16.6. The minimum Gasteiger partial charge on any atom is -0.383 e. The molecule has 9 heteroatoms. The Kier molecular flexibility index (Phi) is 5.17. The molecule has 5 rings (SSSR count). The number of nitrogen functional groups attached to an aromatic ring is 1. The summed E-state index contributed by atoms with van der Waals surface area (Å²) in [6, 6.07) is 13.3. The molecule has 7 nitrogen and oxygen atoms in total. The van der Waals surface area contributed by atoms with Crippen molar-refractivity contribution in [3.63, 3.8) is 0 Å². The van der Waals surface area contributed by atoms with E-state index in [1.54, 1.807) is 18.2 Å². The zero-order chi connectivity index (χ0) is 21.4. The largest absolute Gasteiger partial charge is 0.383 e. The molecule has 1 aliphatic heterocycles. The van der Waals surface area contributed by atoms with Gasteiger partial charge in [-0.2, -0.15) is 4.98 Å². The topological polar surface area (TPSA) is 90.9 Å². The van der Waals surface area contributed by atoms with Gasteiger partial charge in [0.15, 0.2) is 5.65 Å². The molecule has 31 heavy (non-hydrogen) atoms. The van der Waals surface area contributed by atoms with Crippen LogP contribution < -0.4 is 11.1 Å². The van der Waals surface area contributed by atoms with Crippen LogP contribution in [0.15, 0.2) is 48.5 Å². The minimum absolute atomic E-state index is 0.130. The minimum atomic E-state index is -0.337. The van der Waals surface area contributed by atoms with Crippen LogP contribution in [0.25, 0.3) is 28.0 Å². The third-order valence-electron chi connectivity index (χ3n) is 5.28. The van der Waals surface area contributed by atoms with Crippen molar-refractivity contribution in [2.24, 2.45) is 0 Å². The molecule has 1 saturated heterocycles. The van der Waals surface area contributed by atoms with Crippen molar-refractivity contribution < 1.29 is 9.13 Å². The van der Waals surface area contributed by atoms with Gasteiger partial charge in [0, 0.05) is 23.7 Å². The molecule has 158 valence electrons. The highest BCUT2D eigenvalue weighted by atomic mass is 35.5. The average molecular weight is 439 g/mol. The fourth-order valence-electron chi connectivity index (χ4n) is 3.73. The molecule has 2 aromatic carbocycles. The van der Waals surface area contributed by atoms with Crippen LogP contribution in [0.3, 0.4) is 0 Å². The fraction of sp³-hybridized carbons (Fsp3) is 0.227. The van der Waals surface area contributed by atoms with Crippen molar-refractivity contribution in [2.75, 3.05) is 24.2 Å². The lowest BCUT2D eigenvalue weighted by atomic mass is 10.1. The summed E-state index contributed by atoms with van der Waals surface area (Å²) in [6.45, 7) is 1.37. The van der Waals surface area contributed by atoms with E-state index in [2.05, 4.69) is 15.4 Å². The van der Waals surface area contributed by atoms with Crippen molar-refractivity contribution in [3.8, 4) is 16.9 Å². The quantitative estimate of drug-likeness (QED) is 0.478. The molecule has 0 spiro atoms. The molecule has 4 aromatic rings. The molecule has 1 fully saturated rings. The average Bonchev–Trinajstić information content (AvgIpc) is 3.41. The number of aromatic nitrogens is 4. The Bertz CT molecular complexity index is 1240. The maximum Gasteiger partial charge on any atom is 0.225 e. The summed E-state index contributed by atoms with van der Waals surface area (Å²) in [5.74, 6) is 0.431. The summed E-state index contributed by atoms with van der Waals surface area (Å²) < 4.78 is 20.6. The highest BCUT2D eigenvalue weighted by Gasteiger charge is 2.21. The number of nitrogens with one attached hydrogen (secondary N) is 1. The molecule has 0 radical (unpaired) electrons. The Morgan fingerprint density at radius 1 is 1.16 bits per heavy atom. The third kappa shape index (κ3) is 3.80. The highest BCUT2D eigenvalue weighted by molar-refractivity contribution is 6.33. The first-order chi connectivity index (χ1) is 15.1. The van der Waals surface area contributed by atoms with Gasteiger partial charge in [-0.25, -0.2) is 14.1 Å². The van der Waals surface area contributed by atoms with Gasteiger partial charge in [0.2, 0.25) is 5.95 Å². The standard InChI is InChI=1S/C22H20ClFN6O/c23-17-6-2-1-5-16(17)19-18-20(25)30(14-9-7-13(24)8-10-14)29-21(18)28-22(27-19)26-12-15-4-3-11-31-15/h1-2,5-10,15H,3-4,11-12,25H2,(H,26,28,29)/t15-/m1/s1. The molecule has 3 N–H and O–H groups in total. The monoisotopic (exact) mass is 438 g/mol. The number of nitrogens with zero attached hydrogens (tertiary/aromatic N) is 4. The maximum atomic E-state index is 13.4. The zero-order valence-corrected chi connectivity index (χ0v) is 17.3. The van der Waals surface area contributed by atoms with Gasteiger partial charge < -0.3 is 15.8 Å². The molecule has 1 aliphatic rings. The predicted molar refractivity (Wildman–Crippen MR) is 119 cm³/mol. The molecule has 0 unspecified atom stereocenters. The molecule has 0 saturated carbocycles. The Morgan fingerprint density at radius 3 is 2.71 bits per heavy atom. The summed E-state index contributed by atoms with van der Waals surface area (Å²) in [5.41, 5.74) is 8.81. The number of hydrogen-bond acceptors (Lipinski definition) is 6. The van der Waals surface area contributed by atoms with E-state index in [9.17, 15) is 4.39 Å². The number of fused-ring (bicyclic) bond motifs is 1. The summed E-state index contributed by atoms with van der Waals surface area (Å²) in [4.78, 5) is 9.29. The van der Waals surface area contributed by atoms with Gasteiger partial charge in [0.25, 0.3) is 0 Å². The molecule has 0 aliphatic carbocycles.